The number of aromatic nitrogens is 2. The van der Waals surface area contributed by atoms with Crippen LogP contribution in [0.3, 0.4) is 0 Å². The summed E-state index contributed by atoms with van der Waals surface area (Å²) >= 11 is 0. The quantitative estimate of drug-likeness (QED) is 0.184. The zero-order chi connectivity index (χ0) is 30.5. The van der Waals surface area contributed by atoms with Gasteiger partial charge in [-0.25, -0.2) is 14.8 Å². The zero-order valence-electron chi connectivity index (χ0n) is 24.2. The maximum absolute atomic E-state index is 12.6. The van der Waals surface area contributed by atoms with Gasteiger partial charge in [-0.05, 0) is 72.8 Å². The number of hydrogen-bond donors (Lipinski definition) is 4. The van der Waals surface area contributed by atoms with Crippen molar-refractivity contribution in [2.45, 2.75) is 13.3 Å². The van der Waals surface area contributed by atoms with Gasteiger partial charge in [-0.1, -0.05) is 6.07 Å². The number of amides is 3. The summed E-state index contributed by atoms with van der Waals surface area (Å²) < 4.78 is 11.5. The molecule has 11 nitrogen and oxygen atoms in total. The fraction of sp³-hybridized carbons (Fsp3) is 0.212. The lowest BCUT2D eigenvalue weighted by Crippen LogP contribution is -2.37. The third-order valence-corrected chi connectivity index (χ3v) is 7.16. The Balaban J connectivity index is 1.24. The molecule has 11 heteroatoms. The number of anilines is 4. The first-order valence-corrected chi connectivity index (χ1v) is 14.4. The van der Waals surface area contributed by atoms with Gasteiger partial charge in [-0.2, -0.15) is 0 Å². The van der Waals surface area contributed by atoms with Gasteiger partial charge in [-0.15, -0.1) is 0 Å². The van der Waals surface area contributed by atoms with Crippen molar-refractivity contribution in [3.8, 4) is 22.7 Å². The number of rotatable bonds is 8. The zero-order valence-corrected chi connectivity index (χ0v) is 24.2. The van der Waals surface area contributed by atoms with Crippen LogP contribution in [0, 0.1) is 0 Å². The van der Waals surface area contributed by atoms with Crippen LogP contribution in [0.25, 0.3) is 33.6 Å². The fourth-order valence-corrected chi connectivity index (χ4v) is 5.03. The molecule has 1 fully saturated rings. The van der Waals surface area contributed by atoms with Gasteiger partial charge in [0.15, 0.2) is 5.82 Å². The number of carbonyl (C=O) groups excluding carboxylic acids is 2. The lowest BCUT2D eigenvalue weighted by Gasteiger charge is -2.29. The van der Waals surface area contributed by atoms with E-state index >= 15 is 0 Å². The summed E-state index contributed by atoms with van der Waals surface area (Å²) in [6.45, 7) is 4.17. The number of aliphatic hydroxyl groups is 1. The molecule has 1 saturated heterocycles. The van der Waals surface area contributed by atoms with Crippen molar-refractivity contribution in [1.29, 1.82) is 0 Å². The minimum Gasteiger partial charge on any atom is -0.461 e. The minimum absolute atomic E-state index is 0.0258. The van der Waals surface area contributed by atoms with Crippen LogP contribution in [-0.4, -0.2) is 59.9 Å². The Morgan fingerprint density at radius 2 is 1.45 bits per heavy atom. The number of morpholine rings is 1. The molecule has 2 aromatic heterocycles. The number of hydrogen-bond acceptors (Lipinski definition) is 8. The van der Waals surface area contributed by atoms with E-state index in [1.165, 1.54) is 6.92 Å². The number of benzene rings is 3. The second-order valence-corrected chi connectivity index (χ2v) is 10.4. The third-order valence-electron chi connectivity index (χ3n) is 7.16. The van der Waals surface area contributed by atoms with Gasteiger partial charge in [0.1, 0.15) is 17.3 Å². The maximum atomic E-state index is 12.6. The van der Waals surface area contributed by atoms with E-state index in [0.29, 0.717) is 48.3 Å². The Hall–Kier alpha value is -5.26. The first-order chi connectivity index (χ1) is 21.4. The van der Waals surface area contributed by atoms with Crippen LogP contribution in [-0.2, 0) is 16.0 Å². The Morgan fingerprint density at radius 1 is 0.818 bits per heavy atom. The second kappa shape index (κ2) is 12.9. The van der Waals surface area contributed by atoms with Crippen molar-refractivity contribution in [2.75, 3.05) is 53.8 Å². The van der Waals surface area contributed by atoms with Gasteiger partial charge in [-0.3, -0.25) is 4.79 Å². The Morgan fingerprint density at radius 3 is 2.11 bits per heavy atom. The molecule has 0 unspecified atom stereocenters. The molecule has 0 spiro atoms. The lowest BCUT2D eigenvalue weighted by atomic mass is 10.1. The standard InChI is InChI=1S/C33H32N6O5/c1-21(41)34-24-7-9-26(10-8-24)36-33(42)35-25-5-2-22(3-6-25)31-37-29-20-23(30-13-11-27(44-30)14-17-40)4-12-28(29)32(38-31)39-15-18-43-19-16-39/h2-13,20,40H,14-19H2,1H3,(H,34,41)(H2,35,36,42). The summed E-state index contributed by atoms with van der Waals surface area (Å²) in [4.78, 5) is 35.9. The molecule has 44 heavy (non-hydrogen) atoms. The topological polar surface area (TPSA) is 142 Å². The Labute approximate surface area is 253 Å². The van der Waals surface area contributed by atoms with E-state index in [1.807, 2.05) is 42.5 Å². The van der Waals surface area contributed by atoms with Gasteiger partial charge >= 0.3 is 6.03 Å². The number of carbonyl (C=O) groups is 2. The van der Waals surface area contributed by atoms with Crippen LogP contribution >= 0.6 is 0 Å². The molecular formula is C33H32N6O5. The molecule has 3 aromatic carbocycles. The highest BCUT2D eigenvalue weighted by atomic mass is 16.5. The first-order valence-electron chi connectivity index (χ1n) is 14.4. The number of fused-ring (bicyclic) bond motifs is 1. The van der Waals surface area contributed by atoms with E-state index in [-0.39, 0.29) is 12.5 Å². The first kappa shape index (κ1) is 28.8. The van der Waals surface area contributed by atoms with Crippen LogP contribution in [0.5, 0.6) is 0 Å². The minimum atomic E-state index is -0.394. The third kappa shape index (κ3) is 6.69. The number of nitrogens with zero attached hydrogens (tertiary/aromatic N) is 3. The highest BCUT2D eigenvalue weighted by Gasteiger charge is 2.19. The molecule has 6 rings (SSSR count). The largest absolute Gasteiger partial charge is 0.461 e. The molecular weight excluding hydrogens is 560 g/mol. The van der Waals surface area contributed by atoms with E-state index in [0.717, 1.165) is 46.7 Å². The van der Waals surface area contributed by atoms with Crippen molar-refractivity contribution >= 4 is 45.7 Å². The highest BCUT2D eigenvalue weighted by molar-refractivity contribution is 6.00. The van der Waals surface area contributed by atoms with E-state index in [9.17, 15) is 14.7 Å². The SMILES string of the molecule is CC(=O)Nc1ccc(NC(=O)Nc2ccc(-c3nc(N4CCOCC4)c4ccc(-c5ccc(CCO)o5)cc4n3)cc2)cc1. The molecule has 0 saturated carbocycles. The number of aliphatic hydroxyl groups excluding tert-OH is 1. The van der Waals surface area contributed by atoms with Crippen LogP contribution < -0.4 is 20.9 Å². The summed E-state index contributed by atoms with van der Waals surface area (Å²) in [5.74, 6) is 2.67. The van der Waals surface area contributed by atoms with Gasteiger partial charge < -0.3 is 35.1 Å². The van der Waals surface area contributed by atoms with Crippen molar-refractivity contribution in [1.82, 2.24) is 9.97 Å². The number of furan rings is 1. The van der Waals surface area contributed by atoms with E-state index in [2.05, 4.69) is 20.9 Å². The molecule has 5 aromatic rings. The highest BCUT2D eigenvalue weighted by Crippen LogP contribution is 2.32. The molecule has 0 radical (unpaired) electrons. The van der Waals surface area contributed by atoms with Gasteiger partial charge in [0.05, 0.1) is 25.3 Å². The summed E-state index contributed by atoms with van der Waals surface area (Å²) in [6.07, 6.45) is 0.459. The van der Waals surface area contributed by atoms with Crippen molar-refractivity contribution < 1.29 is 23.8 Å². The van der Waals surface area contributed by atoms with Crippen molar-refractivity contribution in [3.05, 3.63) is 84.6 Å². The molecule has 1 aliphatic rings. The van der Waals surface area contributed by atoms with Gasteiger partial charge in [0, 0.05) is 60.0 Å². The molecule has 0 bridgehead atoms. The fourth-order valence-electron chi connectivity index (χ4n) is 5.03. The van der Waals surface area contributed by atoms with E-state index in [4.69, 9.17) is 19.1 Å². The van der Waals surface area contributed by atoms with Gasteiger partial charge in [0.2, 0.25) is 5.91 Å². The van der Waals surface area contributed by atoms with Crippen LogP contribution in [0.2, 0.25) is 0 Å². The summed E-state index contributed by atoms with van der Waals surface area (Å²) in [5, 5.41) is 18.5. The predicted octanol–water partition coefficient (Wildman–Crippen LogP) is 5.53. The maximum Gasteiger partial charge on any atom is 0.323 e. The van der Waals surface area contributed by atoms with E-state index < -0.39 is 6.03 Å². The Kier molecular flexibility index (Phi) is 8.48. The molecule has 224 valence electrons. The number of nitrogens with one attached hydrogen (secondary N) is 3. The normalized spacial score (nSPS) is 13.1. The lowest BCUT2D eigenvalue weighted by molar-refractivity contribution is -0.114. The van der Waals surface area contributed by atoms with Crippen LogP contribution in [0.1, 0.15) is 12.7 Å². The molecule has 4 N–H and O–H groups in total. The van der Waals surface area contributed by atoms with Crippen molar-refractivity contribution in [3.63, 3.8) is 0 Å². The van der Waals surface area contributed by atoms with Gasteiger partial charge in [0.25, 0.3) is 0 Å². The molecule has 3 amide bonds. The number of ether oxygens (including phenoxy) is 1. The number of urea groups is 1. The summed E-state index contributed by atoms with van der Waals surface area (Å²) in [5.41, 5.74) is 4.31. The summed E-state index contributed by atoms with van der Waals surface area (Å²) in [6, 6.07) is 23.6. The molecule has 0 aliphatic carbocycles. The smallest absolute Gasteiger partial charge is 0.323 e. The molecule has 1 aliphatic heterocycles. The summed E-state index contributed by atoms with van der Waals surface area (Å²) in [7, 11) is 0. The van der Waals surface area contributed by atoms with Crippen LogP contribution in [0.4, 0.5) is 27.7 Å². The second-order valence-electron chi connectivity index (χ2n) is 10.4. The van der Waals surface area contributed by atoms with E-state index in [1.54, 1.807) is 36.4 Å². The predicted molar refractivity (Wildman–Crippen MR) is 170 cm³/mol. The monoisotopic (exact) mass is 592 g/mol. The molecule has 0 atom stereocenters. The average molecular weight is 593 g/mol. The Bertz CT molecular complexity index is 1780. The van der Waals surface area contributed by atoms with Crippen LogP contribution in [0.15, 0.2) is 83.3 Å². The average Bonchev–Trinajstić information content (AvgIpc) is 3.50. The van der Waals surface area contributed by atoms with Crippen molar-refractivity contribution in [2.24, 2.45) is 0 Å². The molecule has 3 heterocycles.